The minimum absolute atomic E-state index is 0.237. The predicted octanol–water partition coefficient (Wildman–Crippen LogP) is 3.36. The number of nitrogens with zero attached hydrogens (tertiary/aromatic N) is 1. The van der Waals surface area contributed by atoms with Gasteiger partial charge in [0.25, 0.3) is 11.8 Å². The van der Waals surface area contributed by atoms with Crippen LogP contribution in [0.25, 0.3) is 0 Å². The molecule has 0 bridgehead atoms. The van der Waals surface area contributed by atoms with Crippen LogP contribution < -0.4 is 15.0 Å². The van der Waals surface area contributed by atoms with Gasteiger partial charge >= 0.3 is 5.97 Å². The van der Waals surface area contributed by atoms with E-state index in [9.17, 15) is 14.4 Å². The molecule has 3 rings (SSSR count). The number of rotatable bonds is 7. The number of esters is 1. The molecule has 7 heteroatoms. The lowest BCUT2D eigenvalue weighted by atomic mass is 10.0. The number of ether oxygens (including phenoxy) is 2. The van der Waals surface area contributed by atoms with E-state index in [-0.39, 0.29) is 11.8 Å². The lowest BCUT2D eigenvalue weighted by Crippen LogP contribution is -2.49. The van der Waals surface area contributed by atoms with Crippen LogP contribution in [-0.2, 0) is 20.7 Å². The van der Waals surface area contributed by atoms with Gasteiger partial charge in [0, 0.05) is 12.2 Å². The second-order valence-corrected chi connectivity index (χ2v) is 8.20. The molecule has 1 heterocycles. The highest BCUT2D eigenvalue weighted by atomic mass is 16.5. The number of benzene rings is 2. The van der Waals surface area contributed by atoms with E-state index < -0.39 is 24.0 Å². The Kier molecular flexibility index (Phi) is 7.51. The minimum Gasteiger partial charge on any atom is -0.496 e. The van der Waals surface area contributed by atoms with Crippen molar-refractivity contribution in [2.24, 2.45) is 5.92 Å². The van der Waals surface area contributed by atoms with Crippen LogP contribution in [0.3, 0.4) is 0 Å². The summed E-state index contributed by atoms with van der Waals surface area (Å²) in [7, 11) is 1.48. The van der Waals surface area contributed by atoms with Crippen molar-refractivity contribution < 1.29 is 23.9 Å². The van der Waals surface area contributed by atoms with Crippen molar-refractivity contribution in [2.75, 3.05) is 18.6 Å². The molecule has 0 aromatic heterocycles. The Bertz CT molecular complexity index is 988. The Morgan fingerprint density at radius 2 is 1.69 bits per heavy atom. The molecule has 7 nitrogen and oxygen atoms in total. The average molecular weight is 439 g/mol. The van der Waals surface area contributed by atoms with Crippen LogP contribution in [0.5, 0.6) is 5.75 Å². The predicted molar refractivity (Wildman–Crippen MR) is 122 cm³/mol. The molecule has 2 aromatic rings. The molecule has 0 saturated carbocycles. The van der Waals surface area contributed by atoms with E-state index in [2.05, 4.69) is 5.32 Å². The van der Waals surface area contributed by atoms with Gasteiger partial charge in [-0.25, -0.2) is 4.79 Å². The molecular weight excluding hydrogens is 408 g/mol. The summed E-state index contributed by atoms with van der Waals surface area (Å²) in [6.07, 6.45) is 0.795. The Morgan fingerprint density at radius 3 is 2.41 bits per heavy atom. The molecule has 0 spiro atoms. The van der Waals surface area contributed by atoms with Gasteiger partial charge in [-0.3, -0.25) is 9.59 Å². The quantitative estimate of drug-likeness (QED) is 0.670. The van der Waals surface area contributed by atoms with E-state index >= 15 is 0 Å². The van der Waals surface area contributed by atoms with E-state index in [1.54, 1.807) is 36.1 Å². The summed E-state index contributed by atoms with van der Waals surface area (Å²) in [5.74, 6) is -1.19. The van der Waals surface area contributed by atoms with Crippen molar-refractivity contribution >= 4 is 23.5 Å². The van der Waals surface area contributed by atoms with Crippen LogP contribution in [0, 0.1) is 5.92 Å². The molecule has 2 aromatic carbocycles. The topological polar surface area (TPSA) is 84.9 Å². The Balaban J connectivity index is 1.69. The number of aryl methyl sites for hydroxylation is 1. The fourth-order valence-corrected chi connectivity index (χ4v) is 3.83. The van der Waals surface area contributed by atoms with Crippen LogP contribution in [0.1, 0.15) is 43.1 Å². The van der Waals surface area contributed by atoms with Gasteiger partial charge in [0.05, 0.1) is 12.7 Å². The number of anilines is 1. The van der Waals surface area contributed by atoms with Crippen molar-refractivity contribution in [3.05, 3.63) is 59.7 Å². The first-order chi connectivity index (χ1) is 15.3. The SMILES string of the molecule is COc1ccccc1C(=O)N[C@@H](C(=O)O[C@H](C)C(=O)N1CCCc2ccccc21)C(C)C. The summed E-state index contributed by atoms with van der Waals surface area (Å²) in [6, 6.07) is 13.6. The molecule has 170 valence electrons. The molecule has 32 heavy (non-hydrogen) atoms. The van der Waals surface area contributed by atoms with Crippen LogP contribution in [-0.4, -0.2) is 43.6 Å². The molecule has 1 aliphatic heterocycles. The van der Waals surface area contributed by atoms with Crippen LogP contribution in [0.2, 0.25) is 0 Å². The zero-order chi connectivity index (χ0) is 23.3. The van der Waals surface area contributed by atoms with Crippen LogP contribution in [0.4, 0.5) is 5.69 Å². The summed E-state index contributed by atoms with van der Waals surface area (Å²) < 4.78 is 10.8. The van der Waals surface area contributed by atoms with E-state index in [1.807, 2.05) is 38.1 Å². The van der Waals surface area contributed by atoms with Crippen LogP contribution >= 0.6 is 0 Å². The van der Waals surface area contributed by atoms with Crippen molar-refractivity contribution in [1.82, 2.24) is 5.32 Å². The molecule has 2 amide bonds. The van der Waals surface area contributed by atoms with Crippen LogP contribution in [0.15, 0.2) is 48.5 Å². The summed E-state index contributed by atoms with van der Waals surface area (Å²) in [4.78, 5) is 40.4. The summed E-state index contributed by atoms with van der Waals surface area (Å²) >= 11 is 0. The number of carbonyl (C=O) groups excluding carboxylic acids is 3. The van der Waals surface area contributed by atoms with Gasteiger partial charge in [0.2, 0.25) is 0 Å². The molecule has 0 radical (unpaired) electrons. The highest BCUT2D eigenvalue weighted by Crippen LogP contribution is 2.27. The van der Waals surface area contributed by atoms with E-state index in [4.69, 9.17) is 9.47 Å². The molecule has 0 aliphatic carbocycles. The highest BCUT2D eigenvalue weighted by molar-refractivity contribution is 6.00. The maximum atomic E-state index is 13.1. The minimum atomic E-state index is -0.974. The monoisotopic (exact) mass is 438 g/mol. The number of hydrogen-bond acceptors (Lipinski definition) is 5. The average Bonchev–Trinajstić information content (AvgIpc) is 2.81. The third-order valence-electron chi connectivity index (χ3n) is 5.58. The van der Waals surface area contributed by atoms with Crippen molar-refractivity contribution in [1.29, 1.82) is 0 Å². The maximum absolute atomic E-state index is 13.1. The molecule has 1 N–H and O–H groups in total. The molecule has 0 saturated heterocycles. The number of nitrogens with one attached hydrogen (secondary N) is 1. The Labute approximate surface area is 188 Å². The number of fused-ring (bicyclic) bond motifs is 1. The first kappa shape index (κ1) is 23.3. The Hall–Kier alpha value is -3.35. The zero-order valence-electron chi connectivity index (χ0n) is 19.0. The second kappa shape index (κ2) is 10.3. The fourth-order valence-electron chi connectivity index (χ4n) is 3.83. The number of methoxy groups -OCH3 is 1. The van der Waals surface area contributed by atoms with E-state index in [0.29, 0.717) is 17.9 Å². The molecule has 0 fully saturated rings. The first-order valence-electron chi connectivity index (χ1n) is 10.9. The molecule has 2 atom stereocenters. The molecule has 1 aliphatic rings. The summed E-state index contributed by atoms with van der Waals surface area (Å²) in [6.45, 7) is 5.76. The normalized spacial score (nSPS) is 14.8. The van der Waals surface area contributed by atoms with Gasteiger partial charge in [-0.15, -0.1) is 0 Å². The second-order valence-electron chi connectivity index (χ2n) is 8.20. The van der Waals surface area contributed by atoms with Gasteiger partial charge in [0.15, 0.2) is 6.10 Å². The largest absolute Gasteiger partial charge is 0.496 e. The maximum Gasteiger partial charge on any atom is 0.329 e. The third kappa shape index (κ3) is 5.10. The third-order valence-corrected chi connectivity index (χ3v) is 5.58. The van der Waals surface area contributed by atoms with Crippen molar-refractivity contribution in [3.63, 3.8) is 0 Å². The van der Waals surface area contributed by atoms with E-state index in [1.165, 1.54) is 7.11 Å². The fraction of sp³-hybridized carbons (Fsp3) is 0.400. The van der Waals surface area contributed by atoms with Crippen molar-refractivity contribution in [3.8, 4) is 5.75 Å². The molecule has 0 unspecified atom stereocenters. The number of carbonyl (C=O) groups is 3. The first-order valence-corrected chi connectivity index (χ1v) is 10.9. The van der Waals surface area contributed by atoms with Gasteiger partial charge in [-0.05, 0) is 49.4 Å². The number of para-hydroxylation sites is 2. The Morgan fingerprint density at radius 1 is 1.00 bits per heavy atom. The van der Waals surface area contributed by atoms with Gasteiger partial charge in [-0.2, -0.15) is 0 Å². The van der Waals surface area contributed by atoms with E-state index in [0.717, 1.165) is 24.1 Å². The summed E-state index contributed by atoms with van der Waals surface area (Å²) in [5, 5.41) is 2.73. The highest BCUT2D eigenvalue weighted by Gasteiger charge is 2.32. The van der Waals surface area contributed by atoms with Gasteiger partial charge < -0.3 is 19.7 Å². The number of hydrogen-bond donors (Lipinski definition) is 1. The smallest absolute Gasteiger partial charge is 0.329 e. The molecular formula is C25H30N2O5. The number of amides is 2. The van der Waals surface area contributed by atoms with Gasteiger partial charge in [-0.1, -0.05) is 44.2 Å². The summed E-state index contributed by atoms with van der Waals surface area (Å²) in [5.41, 5.74) is 2.29. The lowest BCUT2D eigenvalue weighted by Gasteiger charge is -2.31. The lowest BCUT2D eigenvalue weighted by molar-refractivity contribution is -0.156. The standard InChI is InChI=1S/C25H30N2O5/c1-16(2)22(26-23(28)19-12-6-8-14-21(19)31-4)25(30)32-17(3)24(29)27-15-9-11-18-10-5-7-13-20(18)27/h5-8,10,12-14,16-17,22H,9,11,15H2,1-4H3,(H,26,28)/t17-,22-/m1/s1. The van der Waals surface area contributed by atoms with Gasteiger partial charge in [0.1, 0.15) is 11.8 Å². The zero-order valence-corrected chi connectivity index (χ0v) is 19.0. The van der Waals surface area contributed by atoms with Crippen molar-refractivity contribution in [2.45, 2.75) is 45.8 Å².